The summed E-state index contributed by atoms with van der Waals surface area (Å²) in [5.41, 5.74) is 2.93. The third-order valence-corrected chi connectivity index (χ3v) is 4.24. The lowest BCUT2D eigenvalue weighted by atomic mass is 9.90. The van der Waals surface area contributed by atoms with E-state index in [0.29, 0.717) is 12.1 Å². The molecular formula is C19H26N2O4. The minimum Gasteiger partial charge on any atom is -0.452 e. The first-order valence-electron chi connectivity index (χ1n) is 8.87. The van der Waals surface area contributed by atoms with E-state index in [0.717, 1.165) is 25.7 Å². The third-order valence-electron chi connectivity index (χ3n) is 4.24. The van der Waals surface area contributed by atoms with Gasteiger partial charge in [0.1, 0.15) is 6.04 Å². The highest BCUT2D eigenvalue weighted by Crippen LogP contribution is 2.22. The van der Waals surface area contributed by atoms with Crippen LogP contribution in [0.4, 0.5) is 0 Å². The molecule has 2 rings (SSSR count). The van der Waals surface area contributed by atoms with E-state index in [1.54, 1.807) is 13.0 Å². The molecule has 1 aromatic carbocycles. The number of hydrogen-bond acceptors (Lipinski definition) is 4. The van der Waals surface area contributed by atoms with E-state index in [2.05, 4.69) is 10.6 Å². The molecule has 0 bridgehead atoms. The molecule has 2 N–H and O–H groups in total. The smallest absolute Gasteiger partial charge is 0.338 e. The minimum atomic E-state index is -0.665. The Morgan fingerprint density at radius 2 is 1.88 bits per heavy atom. The Balaban J connectivity index is 1.81. The van der Waals surface area contributed by atoms with Gasteiger partial charge in [0.25, 0.3) is 5.91 Å². The van der Waals surface area contributed by atoms with Crippen LogP contribution < -0.4 is 10.6 Å². The zero-order valence-electron chi connectivity index (χ0n) is 14.9. The maximum Gasteiger partial charge on any atom is 0.338 e. The van der Waals surface area contributed by atoms with Crippen molar-refractivity contribution in [2.45, 2.75) is 52.0 Å². The number of ether oxygens (including phenoxy) is 1. The third kappa shape index (κ3) is 5.59. The van der Waals surface area contributed by atoms with Crippen molar-refractivity contribution in [3.8, 4) is 0 Å². The normalized spacial score (nSPS) is 14.2. The number of amides is 2. The number of hydrogen-bond donors (Lipinski definition) is 2. The average molecular weight is 346 g/mol. The molecule has 0 saturated carbocycles. The zero-order valence-corrected chi connectivity index (χ0v) is 14.9. The number of rotatable bonds is 7. The van der Waals surface area contributed by atoms with Crippen molar-refractivity contribution in [1.82, 2.24) is 10.6 Å². The van der Waals surface area contributed by atoms with Crippen LogP contribution in [0.5, 0.6) is 0 Å². The number of carbonyl (C=O) groups excluding carboxylic acids is 3. The van der Waals surface area contributed by atoms with Crippen molar-refractivity contribution in [2.24, 2.45) is 0 Å². The molecule has 0 saturated heterocycles. The molecule has 2 amide bonds. The summed E-state index contributed by atoms with van der Waals surface area (Å²) in [5, 5.41) is 5.21. The Morgan fingerprint density at radius 1 is 1.16 bits per heavy atom. The van der Waals surface area contributed by atoms with Crippen LogP contribution in [-0.2, 0) is 27.2 Å². The summed E-state index contributed by atoms with van der Waals surface area (Å²) in [6.45, 7) is 3.70. The van der Waals surface area contributed by atoms with Gasteiger partial charge in [-0.25, -0.2) is 4.79 Å². The molecule has 136 valence electrons. The second kappa shape index (κ2) is 9.20. The Morgan fingerprint density at radius 3 is 2.60 bits per heavy atom. The standard InChI is InChI=1S/C19H26N2O4/c1-3-10-20-18(23)13(2)21-17(22)12-25-19(24)16-9-8-14-6-4-5-7-15(14)11-16/h8-9,11,13H,3-7,10,12H2,1-2H3,(H,20,23)(H,21,22)/t13-/m0/s1. The molecule has 6 heteroatoms. The van der Waals surface area contributed by atoms with E-state index in [1.165, 1.54) is 17.5 Å². The zero-order chi connectivity index (χ0) is 18.2. The highest BCUT2D eigenvalue weighted by molar-refractivity contribution is 5.92. The number of benzene rings is 1. The first-order valence-corrected chi connectivity index (χ1v) is 8.87. The summed E-state index contributed by atoms with van der Waals surface area (Å²) in [7, 11) is 0. The second-order valence-corrected chi connectivity index (χ2v) is 6.35. The molecule has 0 spiro atoms. The number of esters is 1. The molecule has 0 heterocycles. The van der Waals surface area contributed by atoms with Crippen LogP contribution in [0.1, 0.15) is 54.6 Å². The predicted molar refractivity (Wildman–Crippen MR) is 94.3 cm³/mol. The molecule has 1 aliphatic rings. The Hall–Kier alpha value is -2.37. The first kappa shape index (κ1) is 19.0. The summed E-state index contributed by atoms with van der Waals surface area (Å²) in [4.78, 5) is 35.6. The van der Waals surface area contributed by atoms with Gasteiger partial charge in [0.15, 0.2) is 6.61 Å². The SMILES string of the molecule is CCCNC(=O)[C@H](C)NC(=O)COC(=O)c1ccc2c(c1)CCCC2. The molecule has 0 radical (unpaired) electrons. The molecule has 0 fully saturated rings. The maximum absolute atomic E-state index is 12.1. The predicted octanol–water partition coefficient (Wildman–Crippen LogP) is 1.75. The minimum absolute atomic E-state index is 0.254. The highest BCUT2D eigenvalue weighted by atomic mass is 16.5. The van der Waals surface area contributed by atoms with Gasteiger partial charge in [0.2, 0.25) is 5.91 Å². The summed E-state index contributed by atoms with van der Waals surface area (Å²) >= 11 is 0. The topological polar surface area (TPSA) is 84.5 Å². The van der Waals surface area contributed by atoms with Crippen molar-refractivity contribution in [2.75, 3.05) is 13.2 Å². The lowest BCUT2D eigenvalue weighted by molar-refractivity contribution is -0.130. The van der Waals surface area contributed by atoms with Crippen LogP contribution >= 0.6 is 0 Å². The molecule has 1 aliphatic carbocycles. The quantitative estimate of drug-likeness (QED) is 0.737. The fraction of sp³-hybridized carbons (Fsp3) is 0.526. The van der Waals surface area contributed by atoms with E-state index in [9.17, 15) is 14.4 Å². The lowest BCUT2D eigenvalue weighted by Crippen LogP contribution is -2.46. The van der Waals surface area contributed by atoms with E-state index in [4.69, 9.17) is 4.74 Å². The Kier molecular flexibility index (Phi) is 6.98. The Bertz CT molecular complexity index is 642. The molecule has 0 aliphatic heterocycles. The molecule has 0 unspecified atom stereocenters. The fourth-order valence-corrected chi connectivity index (χ4v) is 2.82. The van der Waals surface area contributed by atoms with Gasteiger partial charge in [0, 0.05) is 6.54 Å². The van der Waals surface area contributed by atoms with E-state index in [1.807, 2.05) is 19.1 Å². The summed E-state index contributed by atoms with van der Waals surface area (Å²) in [6.07, 6.45) is 5.16. The van der Waals surface area contributed by atoms with E-state index in [-0.39, 0.29) is 5.91 Å². The molecule has 1 aromatic rings. The molecule has 6 nitrogen and oxygen atoms in total. The summed E-state index contributed by atoms with van der Waals surface area (Å²) < 4.78 is 5.06. The Labute approximate surface area is 148 Å². The van der Waals surface area contributed by atoms with Crippen LogP contribution in [0.15, 0.2) is 18.2 Å². The average Bonchev–Trinajstić information content (AvgIpc) is 2.63. The first-order chi connectivity index (χ1) is 12.0. The van der Waals surface area contributed by atoms with Gasteiger partial charge < -0.3 is 15.4 Å². The van der Waals surface area contributed by atoms with Gasteiger partial charge in [-0.05, 0) is 62.3 Å². The monoisotopic (exact) mass is 346 g/mol. The van der Waals surface area contributed by atoms with E-state index < -0.39 is 24.5 Å². The fourth-order valence-electron chi connectivity index (χ4n) is 2.82. The van der Waals surface area contributed by atoms with Crippen LogP contribution in [-0.4, -0.2) is 37.0 Å². The second-order valence-electron chi connectivity index (χ2n) is 6.35. The number of carbonyl (C=O) groups is 3. The van der Waals surface area contributed by atoms with Crippen LogP contribution in [0.3, 0.4) is 0 Å². The van der Waals surface area contributed by atoms with Crippen molar-refractivity contribution in [3.05, 3.63) is 34.9 Å². The van der Waals surface area contributed by atoms with Crippen molar-refractivity contribution in [3.63, 3.8) is 0 Å². The molecule has 25 heavy (non-hydrogen) atoms. The van der Waals surface area contributed by atoms with Crippen LogP contribution in [0.2, 0.25) is 0 Å². The molecule has 1 atom stereocenters. The van der Waals surface area contributed by atoms with Crippen LogP contribution in [0, 0.1) is 0 Å². The van der Waals surface area contributed by atoms with Crippen LogP contribution in [0.25, 0.3) is 0 Å². The highest BCUT2D eigenvalue weighted by Gasteiger charge is 2.17. The lowest BCUT2D eigenvalue weighted by Gasteiger charge is -2.16. The summed E-state index contributed by atoms with van der Waals surface area (Å²) in [5.74, 6) is -1.27. The number of nitrogens with one attached hydrogen (secondary N) is 2. The van der Waals surface area contributed by atoms with Gasteiger partial charge in [0.05, 0.1) is 5.56 Å². The van der Waals surface area contributed by atoms with Gasteiger partial charge in [-0.15, -0.1) is 0 Å². The van der Waals surface area contributed by atoms with Crippen molar-refractivity contribution < 1.29 is 19.1 Å². The number of aryl methyl sites for hydroxylation is 2. The van der Waals surface area contributed by atoms with Crippen molar-refractivity contribution >= 4 is 17.8 Å². The largest absolute Gasteiger partial charge is 0.452 e. The van der Waals surface area contributed by atoms with Gasteiger partial charge in [-0.3, -0.25) is 9.59 Å². The van der Waals surface area contributed by atoms with Gasteiger partial charge in [-0.1, -0.05) is 13.0 Å². The maximum atomic E-state index is 12.1. The van der Waals surface area contributed by atoms with Gasteiger partial charge in [-0.2, -0.15) is 0 Å². The van der Waals surface area contributed by atoms with E-state index >= 15 is 0 Å². The molecule has 0 aromatic heterocycles. The summed E-state index contributed by atoms with van der Waals surface area (Å²) in [6, 6.07) is 4.90. The van der Waals surface area contributed by atoms with Gasteiger partial charge >= 0.3 is 5.97 Å². The van der Waals surface area contributed by atoms with Crippen molar-refractivity contribution in [1.29, 1.82) is 0 Å². The molecular weight excluding hydrogens is 320 g/mol. The number of fused-ring (bicyclic) bond motifs is 1.